The molecule has 0 aromatic heterocycles. The van der Waals surface area contributed by atoms with E-state index < -0.39 is 12.1 Å². The molecule has 2 aromatic rings. The summed E-state index contributed by atoms with van der Waals surface area (Å²) in [6, 6.07) is 15.4. The van der Waals surface area contributed by atoms with Gasteiger partial charge in [-0.3, -0.25) is 10.1 Å². The van der Waals surface area contributed by atoms with Crippen LogP contribution in [0, 0.1) is 10.1 Å². The second kappa shape index (κ2) is 6.39. The molecule has 0 aliphatic carbocycles. The molecule has 0 saturated carbocycles. The summed E-state index contributed by atoms with van der Waals surface area (Å²) in [6.07, 6.45) is 0. The van der Waals surface area contributed by atoms with E-state index in [1.165, 1.54) is 0 Å². The van der Waals surface area contributed by atoms with Crippen LogP contribution in [0.1, 0.15) is 18.5 Å². The molecule has 0 aliphatic rings. The molecule has 2 rings (SSSR count). The summed E-state index contributed by atoms with van der Waals surface area (Å²) in [6.45, 7) is 1.59. The molecule has 5 heteroatoms. The van der Waals surface area contributed by atoms with Gasteiger partial charge in [0.2, 0.25) is 6.04 Å². The van der Waals surface area contributed by atoms with Gasteiger partial charge in [-0.05, 0) is 23.8 Å². The van der Waals surface area contributed by atoms with E-state index in [0.717, 1.165) is 11.3 Å². The van der Waals surface area contributed by atoms with Gasteiger partial charge in [-0.15, -0.1) is 0 Å². The quantitative estimate of drug-likeness (QED) is 0.664. The Hall–Kier alpha value is -2.07. The molecule has 2 aromatic carbocycles. The fourth-order valence-corrected chi connectivity index (χ4v) is 2.21. The van der Waals surface area contributed by atoms with Gasteiger partial charge in [-0.1, -0.05) is 48.0 Å². The molecule has 0 aliphatic heterocycles. The Kier molecular flexibility index (Phi) is 4.58. The summed E-state index contributed by atoms with van der Waals surface area (Å²) in [7, 11) is 0. The number of rotatable bonds is 5. The average molecular weight is 291 g/mol. The average Bonchev–Trinajstić information content (AvgIpc) is 2.45. The van der Waals surface area contributed by atoms with Gasteiger partial charge in [-0.2, -0.15) is 0 Å². The minimum absolute atomic E-state index is 0.283. The van der Waals surface area contributed by atoms with Crippen molar-refractivity contribution in [2.45, 2.75) is 19.0 Å². The Morgan fingerprint density at radius 2 is 1.85 bits per heavy atom. The number of hydrogen-bond acceptors (Lipinski definition) is 3. The van der Waals surface area contributed by atoms with Gasteiger partial charge >= 0.3 is 0 Å². The van der Waals surface area contributed by atoms with E-state index in [2.05, 4.69) is 5.32 Å². The first kappa shape index (κ1) is 14.3. The van der Waals surface area contributed by atoms with E-state index in [1.807, 2.05) is 42.5 Å². The predicted molar refractivity (Wildman–Crippen MR) is 80.7 cm³/mol. The first-order valence-corrected chi connectivity index (χ1v) is 6.66. The monoisotopic (exact) mass is 290 g/mol. The predicted octanol–water partition coefficient (Wildman–Crippen LogP) is 4.16. The molecule has 0 fully saturated rings. The number of anilines is 1. The lowest BCUT2D eigenvalue weighted by Crippen LogP contribution is -2.29. The minimum Gasteiger partial charge on any atom is -0.372 e. The molecule has 20 heavy (non-hydrogen) atoms. The van der Waals surface area contributed by atoms with Crippen molar-refractivity contribution < 1.29 is 4.92 Å². The Morgan fingerprint density at radius 1 is 1.15 bits per heavy atom. The third kappa shape index (κ3) is 3.48. The van der Waals surface area contributed by atoms with Crippen molar-refractivity contribution in [1.82, 2.24) is 0 Å². The van der Waals surface area contributed by atoms with Crippen molar-refractivity contribution in [2.75, 3.05) is 5.32 Å². The fourth-order valence-electron chi connectivity index (χ4n) is 2.02. The van der Waals surface area contributed by atoms with Crippen molar-refractivity contribution in [1.29, 1.82) is 0 Å². The number of nitrogens with one attached hydrogen (secondary N) is 1. The van der Waals surface area contributed by atoms with Gasteiger partial charge in [-0.25, -0.2) is 0 Å². The van der Waals surface area contributed by atoms with E-state index in [4.69, 9.17) is 11.6 Å². The molecular weight excluding hydrogens is 276 g/mol. The Balaban J connectivity index is 2.30. The normalized spacial score (nSPS) is 13.5. The zero-order valence-electron chi connectivity index (χ0n) is 11.0. The highest BCUT2D eigenvalue weighted by atomic mass is 35.5. The number of nitrogens with zero attached hydrogens (tertiary/aromatic N) is 1. The zero-order valence-corrected chi connectivity index (χ0v) is 11.7. The lowest BCUT2D eigenvalue weighted by molar-refractivity contribution is -0.521. The van der Waals surface area contributed by atoms with Gasteiger partial charge in [0.1, 0.15) is 6.04 Å². The highest BCUT2D eigenvalue weighted by Gasteiger charge is 2.27. The van der Waals surface area contributed by atoms with Crippen LogP contribution in [0.3, 0.4) is 0 Å². The third-order valence-electron chi connectivity index (χ3n) is 3.12. The Labute approximate surface area is 122 Å². The smallest absolute Gasteiger partial charge is 0.234 e. The molecule has 1 N–H and O–H groups in total. The van der Waals surface area contributed by atoms with Crippen LogP contribution in [-0.2, 0) is 0 Å². The molecule has 0 heterocycles. The molecular formula is C15H15ClN2O2. The van der Waals surface area contributed by atoms with E-state index in [-0.39, 0.29) is 4.92 Å². The van der Waals surface area contributed by atoms with Crippen molar-refractivity contribution in [3.8, 4) is 0 Å². The summed E-state index contributed by atoms with van der Waals surface area (Å²) < 4.78 is 0. The third-order valence-corrected chi connectivity index (χ3v) is 3.36. The lowest BCUT2D eigenvalue weighted by Gasteiger charge is -2.21. The van der Waals surface area contributed by atoms with E-state index in [0.29, 0.717) is 5.02 Å². The summed E-state index contributed by atoms with van der Waals surface area (Å²) in [5.74, 6) is 0. The van der Waals surface area contributed by atoms with Gasteiger partial charge in [0.15, 0.2) is 0 Å². The second-order valence-corrected chi connectivity index (χ2v) is 5.01. The maximum atomic E-state index is 11.1. The largest absolute Gasteiger partial charge is 0.372 e. The number of hydrogen-bond donors (Lipinski definition) is 1. The van der Waals surface area contributed by atoms with Gasteiger partial charge in [0.25, 0.3) is 0 Å². The van der Waals surface area contributed by atoms with Gasteiger partial charge in [0, 0.05) is 22.6 Å². The van der Waals surface area contributed by atoms with Crippen LogP contribution in [-0.4, -0.2) is 11.0 Å². The van der Waals surface area contributed by atoms with Gasteiger partial charge < -0.3 is 5.32 Å². The van der Waals surface area contributed by atoms with Crippen molar-refractivity contribution in [2.24, 2.45) is 0 Å². The van der Waals surface area contributed by atoms with Crippen LogP contribution in [0.15, 0.2) is 54.6 Å². The molecule has 104 valence electrons. The molecule has 0 saturated heterocycles. The minimum atomic E-state index is -0.753. The second-order valence-electron chi connectivity index (χ2n) is 4.57. The molecule has 2 atom stereocenters. The van der Waals surface area contributed by atoms with E-state index >= 15 is 0 Å². The topological polar surface area (TPSA) is 55.2 Å². The van der Waals surface area contributed by atoms with Gasteiger partial charge in [0.05, 0.1) is 0 Å². The number of halogens is 1. The van der Waals surface area contributed by atoms with Crippen LogP contribution in [0.25, 0.3) is 0 Å². The highest BCUT2D eigenvalue weighted by molar-refractivity contribution is 6.30. The molecule has 0 radical (unpaired) electrons. The van der Waals surface area contributed by atoms with Crippen LogP contribution in [0.4, 0.5) is 5.69 Å². The van der Waals surface area contributed by atoms with Crippen LogP contribution < -0.4 is 5.32 Å². The van der Waals surface area contributed by atoms with Crippen molar-refractivity contribution >= 4 is 17.3 Å². The van der Waals surface area contributed by atoms with E-state index in [9.17, 15) is 10.1 Å². The maximum absolute atomic E-state index is 11.1. The number of nitro groups is 1. The van der Waals surface area contributed by atoms with Crippen LogP contribution in [0.2, 0.25) is 5.02 Å². The van der Waals surface area contributed by atoms with E-state index in [1.54, 1.807) is 19.1 Å². The first-order valence-electron chi connectivity index (χ1n) is 6.28. The van der Waals surface area contributed by atoms with Crippen molar-refractivity contribution in [3.63, 3.8) is 0 Å². The standard InChI is InChI=1S/C15H15ClN2O2/c1-11(18(19)20)15(12-6-3-2-4-7-12)17-14-9-5-8-13(16)10-14/h2-11,15,17H,1H3/t11-,15+/m1/s1. The lowest BCUT2D eigenvalue weighted by atomic mass is 10.0. The maximum Gasteiger partial charge on any atom is 0.234 e. The molecule has 0 amide bonds. The zero-order chi connectivity index (χ0) is 14.5. The molecule has 0 unspecified atom stereocenters. The summed E-state index contributed by atoms with van der Waals surface area (Å²) in [5, 5.41) is 14.9. The SMILES string of the molecule is C[C@H]([C@H](Nc1cccc(Cl)c1)c1ccccc1)[N+](=O)[O-]. The summed E-state index contributed by atoms with van der Waals surface area (Å²) in [5.41, 5.74) is 1.64. The summed E-state index contributed by atoms with van der Waals surface area (Å²) >= 11 is 5.94. The molecule has 4 nitrogen and oxygen atoms in total. The van der Waals surface area contributed by atoms with Crippen LogP contribution in [0.5, 0.6) is 0 Å². The molecule has 0 bridgehead atoms. The Bertz CT molecular complexity index is 589. The first-order chi connectivity index (χ1) is 9.58. The fraction of sp³-hybridized carbons (Fsp3) is 0.200. The van der Waals surface area contributed by atoms with Crippen molar-refractivity contribution in [3.05, 3.63) is 75.3 Å². The number of benzene rings is 2. The van der Waals surface area contributed by atoms with Crippen LogP contribution >= 0.6 is 11.6 Å². The Morgan fingerprint density at radius 3 is 2.45 bits per heavy atom. The molecule has 0 spiro atoms. The highest BCUT2D eigenvalue weighted by Crippen LogP contribution is 2.25. The summed E-state index contributed by atoms with van der Waals surface area (Å²) in [4.78, 5) is 10.8.